The van der Waals surface area contributed by atoms with Gasteiger partial charge in [0.15, 0.2) is 0 Å². The molecule has 4 aliphatic rings. The zero-order chi connectivity index (χ0) is 16.5. The topological polar surface area (TPSA) is 12.0 Å². The van der Waals surface area contributed by atoms with E-state index in [1.165, 1.54) is 51.5 Å². The summed E-state index contributed by atoms with van der Waals surface area (Å²) in [6.45, 7) is 6.01. The monoisotopic (exact) mass is 343 g/mol. The Balaban J connectivity index is 1.59. The van der Waals surface area contributed by atoms with E-state index < -0.39 is 0 Å². The van der Waals surface area contributed by atoms with Gasteiger partial charge in [-0.15, -0.1) is 11.8 Å². The van der Waals surface area contributed by atoms with Gasteiger partial charge in [0.1, 0.15) is 0 Å². The van der Waals surface area contributed by atoms with Crippen molar-refractivity contribution in [3.63, 3.8) is 0 Å². The van der Waals surface area contributed by atoms with Gasteiger partial charge in [0.2, 0.25) is 0 Å². The second kappa shape index (κ2) is 7.32. The first-order valence-electron chi connectivity index (χ1n) is 10.2. The summed E-state index contributed by atoms with van der Waals surface area (Å²) < 4.78 is 0. The van der Waals surface area contributed by atoms with Gasteiger partial charge in [-0.1, -0.05) is 38.2 Å². The molecule has 0 aromatic rings. The second-order valence-corrected chi connectivity index (χ2v) is 10.0. The molecule has 4 rings (SSSR count). The van der Waals surface area contributed by atoms with E-state index in [1.54, 1.807) is 5.70 Å². The summed E-state index contributed by atoms with van der Waals surface area (Å²) in [5.41, 5.74) is 3.48. The van der Waals surface area contributed by atoms with E-state index in [2.05, 4.69) is 55.2 Å². The molecule has 0 saturated carbocycles. The molecule has 132 valence electrons. The minimum Gasteiger partial charge on any atom is -0.388 e. The lowest BCUT2D eigenvalue weighted by Gasteiger charge is -2.37. The molecule has 0 spiro atoms. The average Bonchev–Trinajstić information content (AvgIpc) is 3.06. The Morgan fingerprint density at radius 2 is 2.00 bits per heavy atom. The highest BCUT2D eigenvalue weighted by molar-refractivity contribution is 8.01. The van der Waals surface area contributed by atoms with Crippen molar-refractivity contribution in [3.8, 4) is 0 Å². The molecular weight excluding hydrogens is 310 g/mol. The standard InChI is InChI=1S/C22H33NS/c1-15(2)18-12-19(21-13-17-10-6-7-11-20(17)24-21)22(23-14-18)16-8-4-3-5-9-16/h3-4,6,10,15-18,20-21,23H,5,7-9,11-14H2,1-2H3. The normalized spacial score (nSPS) is 39.2. The first-order valence-corrected chi connectivity index (χ1v) is 11.1. The third kappa shape index (κ3) is 3.36. The summed E-state index contributed by atoms with van der Waals surface area (Å²) in [5, 5.41) is 5.61. The minimum atomic E-state index is 0.761. The summed E-state index contributed by atoms with van der Waals surface area (Å²) in [7, 11) is 0. The Hall–Kier alpha value is -0.630. The maximum atomic E-state index is 3.94. The zero-order valence-corrected chi connectivity index (χ0v) is 16.2. The van der Waals surface area contributed by atoms with Crippen molar-refractivity contribution in [1.29, 1.82) is 0 Å². The summed E-state index contributed by atoms with van der Waals surface area (Å²) in [5.74, 6) is 3.21. The third-order valence-electron chi connectivity index (χ3n) is 6.70. The Morgan fingerprint density at radius 3 is 2.75 bits per heavy atom. The van der Waals surface area contributed by atoms with Crippen molar-refractivity contribution in [2.24, 2.45) is 23.7 Å². The predicted molar refractivity (Wildman–Crippen MR) is 106 cm³/mol. The highest BCUT2D eigenvalue weighted by Crippen LogP contribution is 2.49. The highest BCUT2D eigenvalue weighted by Gasteiger charge is 2.39. The number of hydrogen-bond donors (Lipinski definition) is 1. The maximum Gasteiger partial charge on any atom is 0.0285 e. The van der Waals surface area contributed by atoms with Gasteiger partial charge in [-0.2, -0.15) is 0 Å². The van der Waals surface area contributed by atoms with Gasteiger partial charge in [0, 0.05) is 28.7 Å². The van der Waals surface area contributed by atoms with Crippen molar-refractivity contribution in [1.82, 2.24) is 5.32 Å². The van der Waals surface area contributed by atoms with Crippen LogP contribution in [0.5, 0.6) is 0 Å². The van der Waals surface area contributed by atoms with Crippen LogP contribution in [0.1, 0.15) is 58.8 Å². The van der Waals surface area contributed by atoms with Crippen LogP contribution in [0.2, 0.25) is 0 Å². The molecule has 1 N–H and O–H groups in total. The molecule has 2 heteroatoms. The molecule has 2 heterocycles. The van der Waals surface area contributed by atoms with Gasteiger partial charge in [-0.25, -0.2) is 0 Å². The minimum absolute atomic E-state index is 0.761. The van der Waals surface area contributed by atoms with Crippen LogP contribution >= 0.6 is 11.8 Å². The highest BCUT2D eigenvalue weighted by atomic mass is 32.2. The Kier molecular flexibility index (Phi) is 5.13. The third-order valence-corrected chi connectivity index (χ3v) is 8.44. The van der Waals surface area contributed by atoms with Crippen LogP contribution in [-0.4, -0.2) is 17.0 Å². The zero-order valence-electron chi connectivity index (χ0n) is 15.3. The molecule has 0 amide bonds. The Morgan fingerprint density at radius 1 is 1.12 bits per heavy atom. The SMILES string of the molecule is CC(C)C1CNC(C2CC=CCC2)=C(C2CC3C=CCCC3S2)C1. The van der Waals surface area contributed by atoms with Gasteiger partial charge >= 0.3 is 0 Å². The van der Waals surface area contributed by atoms with Crippen molar-refractivity contribution < 1.29 is 0 Å². The van der Waals surface area contributed by atoms with E-state index in [-0.39, 0.29) is 0 Å². The quantitative estimate of drug-likeness (QED) is 0.659. The Labute approximate surface area is 152 Å². The number of hydrogen-bond acceptors (Lipinski definition) is 2. The second-order valence-electron chi connectivity index (χ2n) is 8.58. The molecule has 24 heavy (non-hydrogen) atoms. The van der Waals surface area contributed by atoms with Gasteiger partial charge in [0.25, 0.3) is 0 Å². The van der Waals surface area contributed by atoms with Crippen molar-refractivity contribution in [2.45, 2.75) is 69.3 Å². The number of allylic oxidation sites excluding steroid dienone is 5. The maximum absolute atomic E-state index is 3.94. The predicted octanol–water partition coefficient (Wildman–Crippen LogP) is 5.70. The van der Waals surface area contributed by atoms with E-state index in [1.807, 2.05) is 5.57 Å². The molecule has 1 saturated heterocycles. The lowest BCUT2D eigenvalue weighted by molar-refractivity contribution is 0.330. The summed E-state index contributed by atoms with van der Waals surface area (Å²) in [6, 6.07) is 0. The smallest absolute Gasteiger partial charge is 0.0285 e. The van der Waals surface area contributed by atoms with E-state index >= 15 is 0 Å². The summed E-state index contributed by atoms with van der Waals surface area (Å²) >= 11 is 2.32. The van der Waals surface area contributed by atoms with Gasteiger partial charge in [0.05, 0.1) is 0 Å². The van der Waals surface area contributed by atoms with E-state index in [9.17, 15) is 0 Å². The van der Waals surface area contributed by atoms with Gasteiger partial charge < -0.3 is 5.32 Å². The van der Waals surface area contributed by atoms with Crippen LogP contribution in [-0.2, 0) is 0 Å². The molecule has 0 aromatic heterocycles. The fourth-order valence-corrected chi connectivity index (χ4v) is 6.88. The van der Waals surface area contributed by atoms with Crippen molar-refractivity contribution >= 4 is 11.8 Å². The van der Waals surface area contributed by atoms with Crippen LogP contribution in [0.3, 0.4) is 0 Å². The molecular formula is C22H33NS. The largest absolute Gasteiger partial charge is 0.388 e. The molecule has 1 fully saturated rings. The molecule has 2 aliphatic heterocycles. The fourth-order valence-electron chi connectivity index (χ4n) is 5.06. The van der Waals surface area contributed by atoms with Crippen LogP contribution < -0.4 is 5.32 Å². The molecule has 0 radical (unpaired) electrons. The lowest BCUT2D eigenvalue weighted by Crippen LogP contribution is -2.37. The molecule has 1 nitrogen and oxygen atoms in total. The van der Waals surface area contributed by atoms with Crippen LogP contribution in [0.4, 0.5) is 0 Å². The number of fused-ring (bicyclic) bond motifs is 1. The number of thioether (sulfide) groups is 1. The fraction of sp³-hybridized carbons (Fsp3) is 0.727. The van der Waals surface area contributed by atoms with E-state index in [0.717, 1.165) is 34.2 Å². The van der Waals surface area contributed by atoms with E-state index in [4.69, 9.17) is 0 Å². The van der Waals surface area contributed by atoms with Crippen LogP contribution in [0.25, 0.3) is 0 Å². The van der Waals surface area contributed by atoms with Crippen molar-refractivity contribution in [3.05, 3.63) is 35.6 Å². The van der Waals surface area contributed by atoms with Gasteiger partial charge in [-0.05, 0) is 68.3 Å². The van der Waals surface area contributed by atoms with E-state index in [0.29, 0.717) is 0 Å². The van der Waals surface area contributed by atoms with Crippen molar-refractivity contribution in [2.75, 3.05) is 6.54 Å². The average molecular weight is 344 g/mol. The first-order chi connectivity index (χ1) is 11.7. The molecule has 5 unspecified atom stereocenters. The van der Waals surface area contributed by atoms with Gasteiger partial charge in [-0.3, -0.25) is 0 Å². The lowest BCUT2D eigenvalue weighted by atomic mass is 9.78. The molecule has 0 aromatic carbocycles. The molecule has 0 bridgehead atoms. The van der Waals surface area contributed by atoms with Crippen LogP contribution in [0, 0.1) is 23.7 Å². The first kappa shape index (κ1) is 16.8. The number of rotatable bonds is 3. The number of nitrogens with one attached hydrogen (secondary N) is 1. The Bertz CT molecular complexity index is 544. The van der Waals surface area contributed by atoms with Crippen LogP contribution in [0.15, 0.2) is 35.6 Å². The summed E-state index contributed by atoms with van der Waals surface area (Å²) in [6.07, 6.45) is 19.1. The summed E-state index contributed by atoms with van der Waals surface area (Å²) in [4.78, 5) is 0. The molecule has 2 aliphatic carbocycles. The molecule has 5 atom stereocenters.